The largest absolute Gasteiger partial charge is 0.493 e. The minimum atomic E-state index is -1.04. The van der Waals surface area contributed by atoms with Crippen LogP contribution >= 0.6 is 11.8 Å². The van der Waals surface area contributed by atoms with E-state index in [-0.39, 0.29) is 23.1 Å². The molecule has 0 radical (unpaired) electrons. The molecule has 2 heterocycles. The highest BCUT2D eigenvalue weighted by molar-refractivity contribution is 8.15. The number of thioether (sulfide) groups is 1. The van der Waals surface area contributed by atoms with Gasteiger partial charge in [-0.05, 0) is 67.1 Å². The van der Waals surface area contributed by atoms with Crippen LogP contribution in [-0.2, 0) is 9.59 Å². The summed E-state index contributed by atoms with van der Waals surface area (Å²) in [6.07, 6.45) is 1.63. The first kappa shape index (κ1) is 33.7. The lowest BCUT2D eigenvalue weighted by atomic mass is 10.0. The molecule has 1 aromatic heterocycles. The predicted molar refractivity (Wildman–Crippen MR) is 195 cm³/mol. The number of benzene rings is 4. The molecule has 2 amide bonds. The third-order valence-electron chi connectivity index (χ3n) is 7.88. The maximum Gasteiger partial charge on any atom is 0.336 e. The maximum absolute atomic E-state index is 13.8. The van der Waals surface area contributed by atoms with Gasteiger partial charge in [-0.2, -0.15) is 0 Å². The van der Waals surface area contributed by atoms with Crippen LogP contribution in [0.3, 0.4) is 0 Å². The number of amides is 2. The van der Waals surface area contributed by atoms with Gasteiger partial charge in [-0.1, -0.05) is 60.3 Å². The van der Waals surface area contributed by atoms with Crippen LogP contribution in [0.5, 0.6) is 17.2 Å². The number of ether oxygens (including phenoxy) is 3. The first-order valence-corrected chi connectivity index (χ1v) is 16.3. The van der Waals surface area contributed by atoms with Crippen molar-refractivity contribution in [3.8, 4) is 28.5 Å². The van der Waals surface area contributed by atoms with E-state index in [1.165, 1.54) is 26.2 Å². The summed E-state index contributed by atoms with van der Waals surface area (Å²) in [5, 5.41) is 12.9. The number of carboxylic acids is 1. The molecule has 252 valence electrons. The molecule has 0 aliphatic carbocycles. The minimum Gasteiger partial charge on any atom is -0.493 e. The van der Waals surface area contributed by atoms with Gasteiger partial charge in [0.25, 0.3) is 5.91 Å². The second-order valence-electron chi connectivity index (χ2n) is 11.1. The van der Waals surface area contributed by atoms with Crippen LogP contribution < -0.4 is 24.4 Å². The van der Waals surface area contributed by atoms with Crippen LogP contribution in [0.1, 0.15) is 22.8 Å². The van der Waals surface area contributed by atoms with E-state index in [1.54, 1.807) is 85.8 Å². The third-order valence-corrected chi connectivity index (χ3v) is 8.93. The van der Waals surface area contributed by atoms with E-state index in [1.807, 2.05) is 24.3 Å². The molecule has 1 unspecified atom stereocenters. The third kappa shape index (κ3) is 6.87. The van der Waals surface area contributed by atoms with E-state index in [0.717, 1.165) is 11.8 Å². The molecular formula is C38H32N4O7S. The molecule has 0 saturated carbocycles. The zero-order valence-electron chi connectivity index (χ0n) is 27.5. The molecule has 1 aliphatic heterocycles. The van der Waals surface area contributed by atoms with Gasteiger partial charge in [-0.15, -0.1) is 0 Å². The van der Waals surface area contributed by atoms with E-state index >= 15 is 0 Å². The fraction of sp³-hybridized carbons (Fsp3) is 0.132. The van der Waals surface area contributed by atoms with Crippen molar-refractivity contribution in [1.82, 2.24) is 4.98 Å². The second kappa shape index (κ2) is 14.5. The number of carboxylic acid groups (broad SMARTS) is 1. The van der Waals surface area contributed by atoms with Crippen molar-refractivity contribution in [2.24, 2.45) is 4.99 Å². The summed E-state index contributed by atoms with van der Waals surface area (Å²) in [5.74, 6) is -0.413. The van der Waals surface area contributed by atoms with E-state index in [0.29, 0.717) is 61.5 Å². The number of methoxy groups -OCH3 is 3. The van der Waals surface area contributed by atoms with Crippen molar-refractivity contribution in [3.05, 3.63) is 114 Å². The monoisotopic (exact) mass is 688 g/mol. The number of nitrogens with zero attached hydrogens (tertiary/aromatic N) is 3. The first-order chi connectivity index (χ1) is 24.2. The SMILES string of the molecule is COc1cc(/C=C2/N=C(SC(C)C(=O)Nc3ccc(-c4cc(C(=O)O)c5ccccc5n4)cc3)N(c3ccccc3)C2=O)cc(OC)c1OC. The van der Waals surface area contributed by atoms with Gasteiger partial charge in [0.05, 0.1) is 49.0 Å². The number of nitrogens with one attached hydrogen (secondary N) is 1. The number of aromatic nitrogens is 1. The lowest BCUT2D eigenvalue weighted by Gasteiger charge is -2.20. The smallest absolute Gasteiger partial charge is 0.336 e. The zero-order chi connectivity index (χ0) is 35.4. The number of para-hydroxylation sites is 2. The van der Waals surface area contributed by atoms with Gasteiger partial charge >= 0.3 is 5.97 Å². The lowest BCUT2D eigenvalue weighted by Crippen LogP contribution is -2.33. The Balaban J connectivity index is 1.23. The number of hydrogen-bond donors (Lipinski definition) is 2. The van der Waals surface area contributed by atoms with Gasteiger partial charge in [-0.3, -0.25) is 14.5 Å². The summed E-state index contributed by atoms with van der Waals surface area (Å²) >= 11 is 1.15. The molecule has 0 spiro atoms. The molecule has 50 heavy (non-hydrogen) atoms. The lowest BCUT2D eigenvalue weighted by molar-refractivity contribution is -0.115. The zero-order valence-corrected chi connectivity index (χ0v) is 28.4. The Kier molecular flexibility index (Phi) is 9.82. The number of aliphatic imine (C=N–C) groups is 1. The Morgan fingerprint density at radius 1 is 0.880 bits per heavy atom. The number of anilines is 2. The van der Waals surface area contributed by atoms with Crippen LogP contribution in [0, 0.1) is 0 Å². The predicted octanol–water partition coefficient (Wildman–Crippen LogP) is 7.13. The average molecular weight is 689 g/mol. The van der Waals surface area contributed by atoms with Crippen LogP contribution in [0.4, 0.5) is 11.4 Å². The normalized spacial score (nSPS) is 14.0. The standard InChI is InChI=1S/C38H32N4O7S/c1-22(35(43)39-25-16-14-24(15-17-25)30-21-28(37(45)46)27-12-8-9-13-29(27)40-30)50-38-41-31(36(44)42(38)26-10-6-5-7-11-26)18-23-19-32(47-2)34(49-4)33(20-23)48-3/h5-22H,1-4H3,(H,39,43)(H,45,46)/b31-18+. The number of fused-ring (bicyclic) bond motifs is 1. The number of carbonyl (C=O) groups is 3. The Hall–Kier alpha value is -6.14. The fourth-order valence-electron chi connectivity index (χ4n) is 5.40. The molecule has 1 atom stereocenters. The van der Waals surface area contributed by atoms with Gasteiger partial charge in [0, 0.05) is 16.6 Å². The molecule has 0 saturated heterocycles. The molecule has 4 aromatic carbocycles. The van der Waals surface area contributed by atoms with Crippen LogP contribution in [0.15, 0.2) is 108 Å². The van der Waals surface area contributed by atoms with E-state index in [4.69, 9.17) is 14.2 Å². The molecule has 5 aromatic rings. The molecule has 6 rings (SSSR count). The van der Waals surface area contributed by atoms with Crippen molar-refractivity contribution in [2.75, 3.05) is 31.5 Å². The summed E-state index contributed by atoms with van der Waals surface area (Å²) in [7, 11) is 4.54. The molecule has 0 fully saturated rings. The Morgan fingerprint density at radius 2 is 1.54 bits per heavy atom. The Bertz CT molecular complexity index is 2140. The number of aromatic carboxylic acids is 1. The number of carbonyl (C=O) groups excluding carboxylic acids is 2. The average Bonchev–Trinajstić information content (AvgIpc) is 3.44. The maximum atomic E-state index is 13.8. The number of pyridine rings is 1. The number of amidine groups is 1. The molecule has 11 nitrogen and oxygen atoms in total. The highest BCUT2D eigenvalue weighted by atomic mass is 32.2. The van der Waals surface area contributed by atoms with Gasteiger partial charge in [-0.25, -0.2) is 14.8 Å². The fourth-order valence-corrected chi connectivity index (χ4v) is 6.33. The summed E-state index contributed by atoms with van der Waals surface area (Å²) in [6.45, 7) is 1.73. The van der Waals surface area contributed by atoms with Crippen molar-refractivity contribution in [3.63, 3.8) is 0 Å². The van der Waals surface area contributed by atoms with Gasteiger partial charge in [0.2, 0.25) is 11.7 Å². The van der Waals surface area contributed by atoms with Gasteiger partial charge in [0.1, 0.15) is 5.70 Å². The molecule has 12 heteroatoms. The van der Waals surface area contributed by atoms with Crippen molar-refractivity contribution in [2.45, 2.75) is 12.2 Å². The second-order valence-corrected chi connectivity index (χ2v) is 12.4. The van der Waals surface area contributed by atoms with Crippen LogP contribution in [-0.4, -0.2) is 59.6 Å². The number of hydrogen-bond acceptors (Lipinski definition) is 9. The molecule has 1 aliphatic rings. The van der Waals surface area contributed by atoms with Crippen molar-refractivity contribution < 1.29 is 33.7 Å². The molecule has 2 N–H and O–H groups in total. The highest BCUT2D eigenvalue weighted by Gasteiger charge is 2.34. The van der Waals surface area contributed by atoms with Gasteiger partial charge in [0.15, 0.2) is 16.7 Å². The van der Waals surface area contributed by atoms with Crippen molar-refractivity contribution >= 4 is 63.1 Å². The molecular weight excluding hydrogens is 657 g/mol. The summed E-state index contributed by atoms with van der Waals surface area (Å²) in [5.41, 5.74) is 3.86. The summed E-state index contributed by atoms with van der Waals surface area (Å²) in [6, 6.07) is 28.2. The molecule has 0 bridgehead atoms. The van der Waals surface area contributed by atoms with Gasteiger partial charge < -0.3 is 24.6 Å². The Morgan fingerprint density at radius 3 is 2.18 bits per heavy atom. The van der Waals surface area contributed by atoms with Crippen molar-refractivity contribution in [1.29, 1.82) is 0 Å². The topological polar surface area (TPSA) is 140 Å². The first-order valence-electron chi connectivity index (χ1n) is 15.4. The van der Waals surface area contributed by atoms with E-state index in [2.05, 4.69) is 15.3 Å². The quantitative estimate of drug-likeness (QED) is 0.147. The van der Waals surface area contributed by atoms with Crippen LogP contribution in [0.2, 0.25) is 0 Å². The highest BCUT2D eigenvalue weighted by Crippen LogP contribution is 2.39. The van der Waals surface area contributed by atoms with E-state index < -0.39 is 11.2 Å². The summed E-state index contributed by atoms with van der Waals surface area (Å²) in [4.78, 5) is 49.9. The summed E-state index contributed by atoms with van der Waals surface area (Å²) < 4.78 is 16.4. The minimum absolute atomic E-state index is 0.160. The Labute approximate surface area is 292 Å². The van der Waals surface area contributed by atoms with E-state index in [9.17, 15) is 19.5 Å². The number of rotatable bonds is 10. The van der Waals surface area contributed by atoms with Crippen LogP contribution in [0.25, 0.3) is 28.2 Å².